The number of nitrogens with zero attached hydrogens (tertiary/aromatic N) is 1. The van der Waals surface area contributed by atoms with Crippen molar-refractivity contribution >= 4 is 50.1 Å². The molecule has 2 N–H and O–H groups in total. The number of carbonyl (C=O) groups excluding carboxylic acids is 3. The molecule has 2 rings (SSSR count). The zero-order valence-corrected chi connectivity index (χ0v) is 17.0. The van der Waals surface area contributed by atoms with E-state index in [-0.39, 0.29) is 33.8 Å². The van der Waals surface area contributed by atoms with E-state index in [1.165, 1.54) is 6.20 Å². The van der Waals surface area contributed by atoms with Gasteiger partial charge in [-0.15, -0.1) is 11.3 Å². The van der Waals surface area contributed by atoms with E-state index in [2.05, 4.69) is 31.4 Å². The van der Waals surface area contributed by atoms with E-state index in [1.54, 1.807) is 27.7 Å². The smallest absolute Gasteiger partial charge is 0.348 e. The van der Waals surface area contributed by atoms with Gasteiger partial charge in [0.05, 0.1) is 28.9 Å². The number of rotatable bonds is 6. The average molecular weight is 444 g/mol. The van der Waals surface area contributed by atoms with Crippen LogP contribution < -0.4 is 5.32 Å². The molecule has 2 aromatic rings. The van der Waals surface area contributed by atoms with E-state index >= 15 is 0 Å². The molecule has 26 heavy (non-hydrogen) atoms. The van der Waals surface area contributed by atoms with Gasteiger partial charge in [-0.2, -0.15) is 5.10 Å². The molecule has 0 bridgehead atoms. The number of esters is 2. The van der Waals surface area contributed by atoms with Crippen molar-refractivity contribution in [3.63, 3.8) is 0 Å². The van der Waals surface area contributed by atoms with Gasteiger partial charge in [-0.1, -0.05) is 0 Å². The highest BCUT2D eigenvalue weighted by Gasteiger charge is 2.28. The number of hydrogen-bond donors (Lipinski definition) is 2. The molecule has 0 fully saturated rings. The van der Waals surface area contributed by atoms with Gasteiger partial charge in [-0.3, -0.25) is 9.89 Å². The molecule has 2 aromatic heterocycles. The molecule has 0 spiro atoms. The van der Waals surface area contributed by atoms with Gasteiger partial charge in [0, 0.05) is 0 Å². The topological polar surface area (TPSA) is 110 Å². The van der Waals surface area contributed by atoms with Crippen LogP contribution >= 0.6 is 27.3 Å². The number of amides is 1. The molecule has 1 amide bonds. The molecule has 0 saturated carbocycles. The third-order valence-electron chi connectivity index (χ3n) is 3.20. The van der Waals surface area contributed by atoms with Gasteiger partial charge in [0.1, 0.15) is 15.6 Å². The maximum Gasteiger partial charge on any atom is 0.348 e. The Balaban J connectivity index is 2.43. The van der Waals surface area contributed by atoms with Crippen LogP contribution in [0.3, 0.4) is 0 Å². The molecular weight excluding hydrogens is 426 g/mol. The fourth-order valence-electron chi connectivity index (χ4n) is 2.11. The van der Waals surface area contributed by atoms with Gasteiger partial charge in [-0.25, -0.2) is 9.59 Å². The van der Waals surface area contributed by atoms with Crippen molar-refractivity contribution in [1.82, 2.24) is 10.2 Å². The first-order valence-corrected chi connectivity index (χ1v) is 9.38. The first kappa shape index (κ1) is 20.1. The molecule has 0 radical (unpaired) electrons. The fraction of sp³-hybridized carbons (Fsp3) is 0.375. The summed E-state index contributed by atoms with van der Waals surface area (Å²) in [6.45, 7) is 6.93. The predicted molar refractivity (Wildman–Crippen MR) is 99.8 cm³/mol. The molecule has 10 heteroatoms. The second kappa shape index (κ2) is 8.45. The highest BCUT2D eigenvalue weighted by Crippen LogP contribution is 2.35. The molecule has 0 aromatic carbocycles. The summed E-state index contributed by atoms with van der Waals surface area (Å²) in [7, 11) is 0. The minimum absolute atomic E-state index is 0.135. The number of nitrogens with one attached hydrogen (secondary N) is 2. The number of H-pyrrole nitrogens is 1. The fourth-order valence-corrected chi connectivity index (χ4v) is 3.56. The standard InChI is InChI=1S/C16H18BrN3O5S/c1-5-24-16(23)12-8(4)10(15(22)25-7(2)3)14(26-12)19-13(21)11-9(17)6-18-20-11/h6-7H,5H2,1-4H3,(H,18,20)(H,19,21). The minimum Gasteiger partial charge on any atom is -0.462 e. The SMILES string of the molecule is CCOC(=O)c1sc(NC(=O)c2[nH]ncc2Br)c(C(=O)OC(C)C)c1C. The number of hydrogen-bond acceptors (Lipinski definition) is 7. The highest BCUT2D eigenvalue weighted by molar-refractivity contribution is 9.10. The summed E-state index contributed by atoms with van der Waals surface area (Å²) >= 11 is 4.17. The van der Waals surface area contributed by atoms with Gasteiger partial charge < -0.3 is 14.8 Å². The lowest BCUT2D eigenvalue weighted by molar-refractivity contribution is 0.0379. The van der Waals surface area contributed by atoms with E-state index in [9.17, 15) is 14.4 Å². The molecule has 2 heterocycles. The Morgan fingerprint density at radius 2 is 2.04 bits per heavy atom. The van der Waals surface area contributed by atoms with Crippen molar-refractivity contribution in [2.45, 2.75) is 33.8 Å². The van der Waals surface area contributed by atoms with Gasteiger partial charge in [0.15, 0.2) is 0 Å². The van der Waals surface area contributed by atoms with Gasteiger partial charge in [-0.05, 0) is 49.2 Å². The molecule has 0 aliphatic heterocycles. The van der Waals surface area contributed by atoms with Gasteiger partial charge in [0.2, 0.25) is 0 Å². The predicted octanol–water partition coefficient (Wildman–Crippen LogP) is 3.54. The first-order valence-electron chi connectivity index (χ1n) is 7.77. The quantitative estimate of drug-likeness (QED) is 0.660. The Bertz CT molecular complexity index is 843. The monoisotopic (exact) mass is 443 g/mol. The second-order valence-corrected chi connectivity index (χ2v) is 7.36. The second-order valence-electron chi connectivity index (χ2n) is 5.48. The summed E-state index contributed by atoms with van der Waals surface area (Å²) in [6.07, 6.45) is 1.09. The maximum absolute atomic E-state index is 12.5. The van der Waals surface area contributed by atoms with E-state index in [4.69, 9.17) is 9.47 Å². The number of anilines is 1. The van der Waals surface area contributed by atoms with Crippen LogP contribution in [0.15, 0.2) is 10.7 Å². The molecule has 0 unspecified atom stereocenters. The summed E-state index contributed by atoms with van der Waals surface area (Å²) in [5.41, 5.74) is 0.728. The Morgan fingerprint density at radius 3 is 2.58 bits per heavy atom. The van der Waals surface area contributed by atoms with Crippen LogP contribution in [-0.4, -0.2) is 40.8 Å². The third-order valence-corrected chi connectivity index (χ3v) is 4.99. The largest absolute Gasteiger partial charge is 0.462 e. The van der Waals surface area contributed by atoms with Gasteiger partial charge >= 0.3 is 11.9 Å². The van der Waals surface area contributed by atoms with Crippen molar-refractivity contribution in [3.05, 3.63) is 32.4 Å². The lowest BCUT2D eigenvalue weighted by Crippen LogP contribution is -2.17. The Morgan fingerprint density at radius 1 is 1.35 bits per heavy atom. The number of halogens is 1. The van der Waals surface area contributed by atoms with E-state index in [0.717, 1.165) is 11.3 Å². The molecule has 0 aliphatic carbocycles. The van der Waals surface area contributed by atoms with Crippen LogP contribution in [0.2, 0.25) is 0 Å². The highest BCUT2D eigenvalue weighted by atomic mass is 79.9. The number of thiophene rings is 1. The normalized spacial score (nSPS) is 10.7. The molecule has 0 atom stereocenters. The first-order chi connectivity index (χ1) is 12.3. The maximum atomic E-state index is 12.5. The summed E-state index contributed by atoms with van der Waals surface area (Å²) < 4.78 is 10.7. The number of carbonyl (C=O) groups is 3. The number of ether oxygens (including phenoxy) is 2. The molecular formula is C16H18BrN3O5S. The van der Waals surface area contributed by atoms with Crippen LogP contribution in [0.1, 0.15) is 56.9 Å². The lowest BCUT2D eigenvalue weighted by atomic mass is 10.1. The summed E-state index contributed by atoms with van der Waals surface area (Å²) in [5.74, 6) is -1.69. The Hall–Kier alpha value is -2.20. The van der Waals surface area contributed by atoms with Crippen LogP contribution in [0.5, 0.6) is 0 Å². The Labute approximate surface area is 162 Å². The van der Waals surface area contributed by atoms with Gasteiger partial charge in [0.25, 0.3) is 5.91 Å². The van der Waals surface area contributed by atoms with Crippen molar-refractivity contribution in [2.24, 2.45) is 0 Å². The molecule has 0 aliphatic rings. The minimum atomic E-state index is -0.622. The van der Waals surface area contributed by atoms with Crippen molar-refractivity contribution in [2.75, 3.05) is 11.9 Å². The zero-order chi connectivity index (χ0) is 19.4. The summed E-state index contributed by atoms with van der Waals surface area (Å²) in [6, 6.07) is 0. The van der Waals surface area contributed by atoms with Crippen molar-refractivity contribution < 1.29 is 23.9 Å². The summed E-state index contributed by atoms with van der Waals surface area (Å²) in [4.78, 5) is 37.3. The average Bonchev–Trinajstić information content (AvgIpc) is 3.10. The Kier molecular flexibility index (Phi) is 6.54. The van der Waals surface area contributed by atoms with Crippen molar-refractivity contribution in [3.8, 4) is 0 Å². The number of aromatic amines is 1. The lowest BCUT2D eigenvalue weighted by Gasteiger charge is -2.10. The molecule has 140 valence electrons. The number of aromatic nitrogens is 2. The van der Waals surface area contributed by atoms with Crippen LogP contribution in [0.4, 0.5) is 5.00 Å². The van der Waals surface area contributed by atoms with E-state index < -0.39 is 17.8 Å². The van der Waals surface area contributed by atoms with Crippen molar-refractivity contribution in [1.29, 1.82) is 0 Å². The third kappa shape index (κ3) is 4.31. The van der Waals surface area contributed by atoms with E-state index in [1.807, 2.05) is 0 Å². The van der Waals surface area contributed by atoms with Crippen LogP contribution in [-0.2, 0) is 9.47 Å². The summed E-state index contributed by atoms with van der Waals surface area (Å²) in [5, 5.41) is 9.17. The molecule has 8 nitrogen and oxygen atoms in total. The van der Waals surface area contributed by atoms with E-state index in [0.29, 0.717) is 10.0 Å². The molecule has 0 saturated heterocycles. The van der Waals surface area contributed by atoms with Crippen LogP contribution in [0, 0.1) is 6.92 Å². The zero-order valence-electron chi connectivity index (χ0n) is 14.6. The van der Waals surface area contributed by atoms with Crippen LogP contribution in [0.25, 0.3) is 0 Å².